The molecule has 0 aliphatic heterocycles. The molecule has 0 aliphatic rings. The Balaban J connectivity index is 3.04. The molecule has 0 rings (SSSR count). The highest BCUT2D eigenvalue weighted by molar-refractivity contribution is 8.02. The predicted octanol–water partition coefficient (Wildman–Crippen LogP) is 1.82. The molecule has 0 heterocycles. The van der Waals surface area contributed by atoms with Crippen LogP contribution in [0.4, 0.5) is 0 Å². The second-order valence-corrected chi connectivity index (χ2v) is 5.12. The van der Waals surface area contributed by atoms with Gasteiger partial charge in [0.2, 0.25) is 0 Å². The van der Waals surface area contributed by atoms with Gasteiger partial charge in [0, 0.05) is 22.8 Å². The molecule has 0 atom stereocenters. The van der Waals surface area contributed by atoms with E-state index in [4.69, 9.17) is 5.73 Å². The van der Waals surface area contributed by atoms with Crippen LogP contribution in [0.3, 0.4) is 0 Å². The number of thioether (sulfide) groups is 2. The van der Waals surface area contributed by atoms with Gasteiger partial charge in [-0.3, -0.25) is 0 Å². The number of hydrogen-bond acceptors (Lipinski definition) is 3. The topological polar surface area (TPSA) is 26.0 Å². The Hall–Kier alpha value is 0.660. The number of nitrogens with two attached hydrogens (primary N) is 1. The predicted molar refractivity (Wildman–Crippen MR) is 54.0 cm³/mol. The van der Waals surface area contributed by atoms with Gasteiger partial charge in [-0.1, -0.05) is 0 Å². The molecule has 0 amide bonds. The first kappa shape index (κ1) is 10.7. The minimum atomic E-state index is 0.00305. The van der Waals surface area contributed by atoms with Crippen LogP contribution < -0.4 is 5.73 Å². The van der Waals surface area contributed by atoms with Gasteiger partial charge < -0.3 is 5.73 Å². The van der Waals surface area contributed by atoms with E-state index in [2.05, 4.69) is 20.1 Å². The fourth-order valence-electron chi connectivity index (χ4n) is 0.477. The standard InChI is InChI=1S/C7H17NS2/c1-7(2,8)6-10-5-4-9-3/h4-6,8H2,1-3H3. The second kappa shape index (κ2) is 5.33. The molecule has 2 N–H and O–H groups in total. The summed E-state index contributed by atoms with van der Waals surface area (Å²) >= 11 is 3.83. The summed E-state index contributed by atoms with van der Waals surface area (Å²) in [6.45, 7) is 4.14. The van der Waals surface area contributed by atoms with Gasteiger partial charge in [-0.25, -0.2) is 0 Å². The minimum absolute atomic E-state index is 0.00305. The molecule has 0 aromatic carbocycles. The van der Waals surface area contributed by atoms with E-state index in [9.17, 15) is 0 Å². The maximum absolute atomic E-state index is 5.79. The Kier molecular flexibility index (Phi) is 5.68. The molecule has 0 saturated carbocycles. The summed E-state index contributed by atoms with van der Waals surface area (Å²) in [5.74, 6) is 3.52. The van der Waals surface area contributed by atoms with Gasteiger partial charge in [0.1, 0.15) is 0 Å². The molecular formula is C7H17NS2. The molecule has 0 spiro atoms. The van der Waals surface area contributed by atoms with Crippen molar-refractivity contribution in [1.29, 1.82) is 0 Å². The first-order valence-corrected chi connectivity index (χ1v) is 5.97. The number of rotatable bonds is 5. The Bertz CT molecular complexity index is 78.2. The zero-order valence-electron chi connectivity index (χ0n) is 7.02. The van der Waals surface area contributed by atoms with E-state index in [-0.39, 0.29) is 5.54 Å². The lowest BCUT2D eigenvalue weighted by Crippen LogP contribution is -2.34. The lowest BCUT2D eigenvalue weighted by atomic mass is 10.1. The fourth-order valence-corrected chi connectivity index (χ4v) is 2.29. The van der Waals surface area contributed by atoms with Crippen molar-refractivity contribution in [3.8, 4) is 0 Å². The number of hydrogen-bond donors (Lipinski definition) is 1. The summed E-state index contributed by atoms with van der Waals surface area (Å²) in [5, 5.41) is 0. The first-order chi connectivity index (χ1) is 4.56. The third kappa shape index (κ3) is 8.66. The third-order valence-corrected chi connectivity index (χ3v) is 3.22. The van der Waals surface area contributed by atoms with Gasteiger partial charge in [-0.2, -0.15) is 23.5 Å². The van der Waals surface area contributed by atoms with Gasteiger partial charge in [0.05, 0.1) is 0 Å². The van der Waals surface area contributed by atoms with Crippen molar-refractivity contribution in [1.82, 2.24) is 0 Å². The smallest absolute Gasteiger partial charge is 0.0188 e. The van der Waals surface area contributed by atoms with Crippen LogP contribution in [0.1, 0.15) is 13.8 Å². The largest absolute Gasteiger partial charge is 0.325 e. The van der Waals surface area contributed by atoms with Crippen molar-refractivity contribution in [2.24, 2.45) is 5.73 Å². The molecule has 0 radical (unpaired) electrons. The highest BCUT2D eigenvalue weighted by Gasteiger charge is 2.08. The molecule has 0 aromatic heterocycles. The van der Waals surface area contributed by atoms with Crippen molar-refractivity contribution in [2.75, 3.05) is 23.5 Å². The maximum Gasteiger partial charge on any atom is 0.0188 e. The van der Waals surface area contributed by atoms with Crippen molar-refractivity contribution >= 4 is 23.5 Å². The molecule has 0 saturated heterocycles. The Morgan fingerprint density at radius 2 is 1.90 bits per heavy atom. The van der Waals surface area contributed by atoms with E-state index in [0.29, 0.717) is 0 Å². The summed E-state index contributed by atoms with van der Waals surface area (Å²) in [7, 11) is 0. The van der Waals surface area contributed by atoms with Crippen molar-refractivity contribution in [3.05, 3.63) is 0 Å². The highest BCUT2D eigenvalue weighted by Crippen LogP contribution is 2.10. The molecule has 0 aliphatic carbocycles. The van der Waals surface area contributed by atoms with Crippen LogP contribution in [0.2, 0.25) is 0 Å². The molecule has 0 aromatic rings. The maximum atomic E-state index is 5.79. The highest BCUT2D eigenvalue weighted by atomic mass is 32.2. The fraction of sp³-hybridized carbons (Fsp3) is 1.00. The Morgan fingerprint density at radius 1 is 1.30 bits per heavy atom. The molecule has 1 nitrogen and oxygen atoms in total. The summed E-state index contributed by atoms with van der Waals surface area (Å²) in [4.78, 5) is 0. The van der Waals surface area contributed by atoms with Crippen molar-refractivity contribution < 1.29 is 0 Å². The molecule has 0 bridgehead atoms. The molecule has 10 heavy (non-hydrogen) atoms. The third-order valence-electron chi connectivity index (χ3n) is 0.906. The van der Waals surface area contributed by atoms with E-state index in [1.165, 1.54) is 11.5 Å². The summed E-state index contributed by atoms with van der Waals surface area (Å²) in [6, 6.07) is 0. The quantitative estimate of drug-likeness (QED) is 0.652. The molecule has 3 heteroatoms. The Morgan fingerprint density at radius 3 is 2.30 bits per heavy atom. The van der Waals surface area contributed by atoms with E-state index in [0.717, 1.165) is 5.75 Å². The van der Waals surface area contributed by atoms with E-state index >= 15 is 0 Å². The SMILES string of the molecule is CSCCSCC(C)(C)N. The lowest BCUT2D eigenvalue weighted by Gasteiger charge is -2.16. The van der Waals surface area contributed by atoms with Gasteiger partial charge in [0.15, 0.2) is 0 Å². The Labute approximate surface area is 72.5 Å². The summed E-state index contributed by atoms with van der Waals surface area (Å²) in [5.41, 5.74) is 5.79. The molecular weight excluding hydrogens is 162 g/mol. The monoisotopic (exact) mass is 179 g/mol. The van der Waals surface area contributed by atoms with Crippen LogP contribution in [0.5, 0.6) is 0 Å². The van der Waals surface area contributed by atoms with Crippen LogP contribution in [0.15, 0.2) is 0 Å². The van der Waals surface area contributed by atoms with Gasteiger partial charge in [-0.15, -0.1) is 0 Å². The van der Waals surface area contributed by atoms with Gasteiger partial charge >= 0.3 is 0 Å². The van der Waals surface area contributed by atoms with Crippen LogP contribution in [0, 0.1) is 0 Å². The van der Waals surface area contributed by atoms with Crippen LogP contribution in [0.25, 0.3) is 0 Å². The average Bonchev–Trinajstić information content (AvgIpc) is 1.78. The normalized spacial score (nSPS) is 12.0. The zero-order chi connectivity index (χ0) is 8.04. The average molecular weight is 179 g/mol. The van der Waals surface area contributed by atoms with E-state index < -0.39 is 0 Å². The minimum Gasteiger partial charge on any atom is -0.325 e. The van der Waals surface area contributed by atoms with Crippen molar-refractivity contribution in [2.45, 2.75) is 19.4 Å². The summed E-state index contributed by atoms with van der Waals surface area (Å²) < 4.78 is 0. The second-order valence-electron chi connectivity index (χ2n) is 3.03. The molecule has 0 unspecified atom stereocenters. The van der Waals surface area contributed by atoms with Crippen LogP contribution in [-0.2, 0) is 0 Å². The van der Waals surface area contributed by atoms with Crippen LogP contribution >= 0.6 is 23.5 Å². The van der Waals surface area contributed by atoms with Gasteiger partial charge in [-0.05, 0) is 20.1 Å². The molecule has 0 fully saturated rings. The lowest BCUT2D eigenvalue weighted by molar-refractivity contribution is 0.591. The van der Waals surface area contributed by atoms with Crippen molar-refractivity contribution in [3.63, 3.8) is 0 Å². The molecule has 62 valence electrons. The van der Waals surface area contributed by atoms with E-state index in [1.807, 2.05) is 23.5 Å². The zero-order valence-corrected chi connectivity index (χ0v) is 8.65. The first-order valence-electron chi connectivity index (χ1n) is 3.42. The van der Waals surface area contributed by atoms with Crippen LogP contribution in [-0.4, -0.2) is 29.1 Å². The summed E-state index contributed by atoms with van der Waals surface area (Å²) in [6.07, 6.45) is 2.13. The van der Waals surface area contributed by atoms with E-state index in [1.54, 1.807) is 0 Å². The van der Waals surface area contributed by atoms with Gasteiger partial charge in [0.25, 0.3) is 0 Å².